The van der Waals surface area contributed by atoms with Crippen molar-refractivity contribution in [1.82, 2.24) is 9.97 Å². The number of aromatic nitrogens is 2. The Labute approximate surface area is 180 Å². The zero-order chi connectivity index (χ0) is 20.9. The second kappa shape index (κ2) is 9.18. The van der Waals surface area contributed by atoms with Crippen LogP contribution in [0.3, 0.4) is 0 Å². The number of fused-ring (bicyclic) bond motifs is 1. The number of aromatic amines is 1. The Kier molecular flexibility index (Phi) is 6.19. The SMILES string of the molecule is Cc1cc(C)cc(OCCSc2nc(Cc3cccc4ccccc34)cc(=O)[nH]2)c1. The van der Waals surface area contributed by atoms with Gasteiger partial charge in [-0.1, -0.05) is 60.3 Å². The number of aryl methyl sites for hydroxylation is 2. The van der Waals surface area contributed by atoms with Gasteiger partial charge in [0, 0.05) is 18.2 Å². The number of nitrogens with zero attached hydrogens (tertiary/aromatic N) is 1. The van der Waals surface area contributed by atoms with E-state index in [0.717, 1.165) is 11.4 Å². The minimum absolute atomic E-state index is 0.127. The Morgan fingerprint density at radius 1 is 0.967 bits per heavy atom. The predicted molar refractivity (Wildman–Crippen MR) is 124 cm³/mol. The van der Waals surface area contributed by atoms with Gasteiger partial charge in [0.2, 0.25) is 0 Å². The average molecular weight is 417 g/mol. The molecule has 0 radical (unpaired) electrons. The number of nitrogens with one attached hydrogen (secondary N) is 1. The summed E-state index contributed by atoms with van der Waals surface area (Å²) in [5.74, 6) is 1.58. The zero-order valence-corrected chi connectivity index (χ0v) is 18.0. The van der Waals surface area contributed by atoms with E-state index in [1.165, 1.54) is 39.2 Å². The second-order valence-electron chi connectivity index (χ2n) is 7.38. The fourth-order valence-electron chi connectivity index (χ4n) is 3.60. The maximum Gasteiger partial charge on any atom is 0.251 e. The van der Waals surface area contributed by atoms with Gasteiger partial charge in [0.05, 0.1) is 12.3 Å². The third-order valence-corrected chi connectivity index (χ3v) is 5.65. The summed E-state index contributed by atoms with van der Waals surface area (Å²) < 4.78 is 5.85. The van der Waals surface area contributed by atoms with Crippen LogP contribution < -0.4 is 10.3 Å². The number of H-pyrrole nitrogens is 1. The lowest BCUT2D eigenvalue weighted by atomic mass is 10.0. The average Bonchev–Trinajstić information content (AvgIpc) is 2.70. The third-order valence-electron chi connectivity index (χ3n) is 4.81. The van der Waals surface area contributed by atoms with Gasteiger partial charge in [-0.3, -0.25) is 4.79 Å². The van der Waals surface area contributed by atoms with Gasteiger partial charge in [-0.25, -0.2) is 4.98 Å². The van der Waals surface area contributed by atoms with Crippen LogP contribution in [0.1, 0.15) is 22.4 Å². The molecule has 1 heterocycles. The van der Waals surface area contributed by atoms with Crippen molar-refractivity contribution >= 4 is 22.5 Å². The highest BCUT2D eigenvalue weighted by molar-refractivity contribution is 7.99. The molecular formula is C25H24N2O2S. The minimum atomic E-state index is -0.127. The molecule has 1 aromatic heterocycles. The fraction of sp³-hybridized carbons (Fsp3) is 0.200. The first-order chi connectivity index (χ1) is 14.6. The topological polar surface area (TPSA) is 55.0 Å². The minimum Gasteiger partial charge on any atom is -0.493 e. The Hall–Kier alpha value is -3.05. The molecule has 0 bridgehead atoms. The van der Waals surface area contributed by atoms with Gasteiger partial charge in [-0.2, -0.15) is 0 Å². The largest absolute Gasteiger partial charge is 0.493 e. The summed E-state index contributed by atoms with van der Waals surface area (Å²) in [6.07, 6.45) is 0.623. The first-order valence-corrected chi connectivity index (χ1v) is 11.0. The molecule has 1 N–H and O–H groups in total. The van der Waals surface area contributed by atoms with Gasteiger partial charge in [-0.15, -0.1) is 0 Å². The molecule has 0 aliphatic heterocycles. The van der Waals surface area contributed by atoms with Crippen molar-refractivity contribution in [3.05, 3.63) is 99.5 Å². The molecule has 3 aromatic carbocycles. The Morgan fingerprint density at radius 3 is 2.57 bits per heavy atom. The Morgan fingerprint density at radius 2 is 1.73 bits per heavy atom. The molecule has 5 heteroatoms. The van der Waals surface area contributed by atoms with Crippen molar-refractivity contribution in [2.75, 3.05) is 12.4 Å². The van der Waals surface area contributed by atoms with Crippen LogP contribution in [-0.2, 0) is 6.42 Å². The monoisotopic (exact) mass is 416 g/mol. The number of hydrogen-bond donors (Lipinski definition) is 1. The second-order valence-corrected chi connectivity index (χ2v) is 8.46. The van der Waals surface area contributed by atoms with E-state index >= 15 is 0 Å². The number of ether oxygens (including phenoxy) is 1. The van der Waals surface area contributed by atoms with Gasteiger partial charge in [0.15, 0.2) is 5.16 Å². The number of hydrogen-bond acceptors (Lipinski definition) is 4. The van der Waals surface area contributed by atoms with E-state index in [4.69, 9.17) is 4.74 Å². The molecule has 4 aromatic rings. The molecule has 0 atom stereocenters. The van der Waals surface area contributed by atoms with Crippen molar-refractivity contribution in [3.63, 3.8) is 0 Å². The molecule has 0 unspecified atom stereocenters. The molecule has 0 aliphatic carbocycles. The lowest BCUT2D eigenvalue weighted by Gasteiger charge is -2.09. The predicted octanol–water partition coefficient (Wildman–Crippen LogP) is 5.30. The summed E-state index contributed by atoms with van der Waals surface area (Å²) in [5.41, 5.74) is 4.18. The molecule has 30 heavy (non-hydrogen) atoms. The van der Waals surface area contributed by atoms with Crippen molar-refractivity contribution < 1.29 is 4.74 Å². The summed E-state index contributed by atoms with van der Waals surface area (Å²) in [5, 5.41) is 3.01. The smallest absolute Gasteiger partial charge is 0.251 e. The van der Waals surface area contributed by atoms with E-state index in [1.54, 1.807) is 6.07 Å². The van der Waals surface area contributed by atoms with Crippen LogP contribution in [0.2, 0.25) is 0 Å². The number of thioether (sulfide) groups is 1. The van der Waals surface area contributed by atoms with Gasteiger partial charge >= 0.3 is 0 Å². The van der Waals surface area contributed by atoms with Crippen LogP contribution in [0.25, 0.3) is 10.8 Å². The summed E-state index contributed by atoms with van der Waals surface area (Å²) in [6, 6.07) is 22.3. The lowest BCUT2D eigenvalue weighted by Crippen LogP contribution is -2.11. The number of benzene rings is 3. The van der Waals surface area contributed by atoms with E-state index in [-0.39, 0.29) is 5.56 Å². The van der Waals surface area contributed by atoms with Crippen LogP contribution in [-0.4, -0.2) is 22.3 Å². The van der Waals surface area contributed by atoms with Crippen LogP contribution in [0.4, 0.5) is 0 Å². The van der Waals surface area contributed by atoms with Gasteiger partial charge < -0.3 is 9.72 Å². The Bertz CT molecular complexity index is 1210. The van der Waals surface area contributed by atoms with Crippen molar-refractivity contribution in [3.8, 4) is 5.75 Å². The number of rotatable bonds is 7. The van der Waals surface area contributed by atoms with E-state index in [9.17, 15) is 4.79 Å². The summed E-state index contributed by atoms with van der Waals surface area (Å²) >= 11 is 1.50. The molecule has 0 fully saturated rings. The molecule has 0 aliphatic rings. The van der Waals surface area contributed by atoms with E-state index in [1.807, 2.05) is 30.3 Å². The summed E-state index contributed by atoms with van der Waals surface area (Å²) in [7, 11) is 0. The van der Waals surface area contributed by atoms with Crippen LogP contribution >= 0.6 is 11.8 Å². The summed E-state index contributed by atoms with van der Waals surface area (Å²) in [6.45, 7) is 4.67. The highest BCUT2D eigenvalue weighted by Gasteiger charge is 2.07. The third kappa shape index (κ3) is 5.10. The molecule has 0 saturated heterocycles. The van der Waals surface area contributed by atoms with Crippen molar-refractivity contribution in [2.24, 2.45) is 0 Å². The molecule has 0 spiro atoms. The van der Waals surface area contributed by atoms with Crippen LogP contribution in [0.5, 0.6) is 5.75 Å². The molecule has 0 saturated carbocycles. The highest BCUT2D eigenvalue weighted by atomic mass is 32.2. The maximum absolute atomic E-state index is 12.2. The lowest BCUT2D eigenvalue weighted by molar-refractivity contribution is 0.343. The molecule has 152 valence electrons. The van der Waals surface area contributed by atoms with E-state index in [0.29, 0.717) is 23.9 Å². The van der Waals surface area contributed by atoms with Gasteiger partial charge in [0.1, 0.15) is 5.75 Å². The van der Waals surface area contributed by atoms with Crippen molar-refractivity contribution in [2.45, 2.75) is 25.4 Å². The first kappa shape index (κ1) is 20.2. The van der Waals surface area contributed by atoms with Crippen LogP contribution in [0.15, 0.2) is 76.7 Å². The molecule has 4 rings (SSSR count). The zero-order valence-electron chi connectivity index (χ0n) is 17.1. The standard InChI is InChI=1S/C25H24N2O2S/c1-17-12-18(2)14-22(13-17)29-10-11-30-25-26-21(16-24(28)27-25)15-20-8-5-7-19-6-3-4-9-23(19)20/h3-9,12-14,16H,10-11,15H2,1-2H3,(H,26,27,28). The summed E-state index contributed by atoms with van der Waals surface area (Å²) in [4.78, 5) is 19.6. The van der Waals surface area contributed by atoms with Gasteiger partial charge in [0.25, 0.3) is 5.56 Å². The van der Waals surface area contributed by atoms with Crippen molar-refractivity contribution in [1.29, 1.82) is 0 Å². The van der Waals surface area contributed by atoms with E-state index < -0.39 is 0 Å². The molecule has 0 amide bonds. The fourth-order valence-corrected chi connectivity index (χ4v) is 4.31. The maximum atomic E-state index is 12.2. The van der Waals surface area contributed by atoms with E-state index in [2.05, 4.69) is 54.1 Å². The first-order valence-electron chi connectivity index (χ1n) is 9.97. The Balaban J connectivity index is 1.42. The molecule has 4 nitrogen and oxygen atoms in total. The van der Waals surface area contributed by atoms with Crippen LogP contribution in [0, 0.1) is 13.8 Å². The molecular weight excluding hydrogens is 392 g/mol. The normalized spacial score (nSPS) is 11.0. The van der Waals surface area contributed by atoms with Gasteiger partial charge in [-0.05, 0) is 53.4 Å². The quantitative estimate of drug-likeness (QED) is 0.252. The highest BCUT2D eigenvalue weighted by Crippen LogP contribution is 2.21.